The molecule has 1 aliphatic rings. The first-order chi connectivity index (χ1) is 4.72. The van der Waals surface area contributed by atoms with Crippen LogP contribution in [0.5, 0.6) is 0 Å². The van der Waals surface area contributed by atoms with Gasteiger partial charge in [-0.2, -0.15) is 5.06 Å². The molecule has 0 spiro atoms. The van der Waals surface area contributed by atoms with E-state index in [2.05, 4.69) is 0 Å². The normalized spacial score (nSPS) is 25.7. The topological polar surface area (TPSA) is 60.8 Å². The van der Waals surface area contributed by atoms with E-state index in [4.69, 9.17) is 10.3 Å². The smallest absolute Gasteiger partial charge is 0.323 e. The lowest BCUT2D eigenvalue weighted by atomic mass is 10.1. The number of hydroxylamine groups is 2. The van der Waals surface area contributed by atoms with E-state index in [1.807, 2.05) is 0 Å². The molecule has 0 bridgehead atoms. The molecule has 1 atom stereocenters. The monoisotopic (exact) mass is 181 g/mol. The lowest BCUT2D eigenvalue weighted by Crippen LogP contribution is -2.42. The van der Waals surface area contributed by atoms with Crippen molar-refractivity contribution in [3.63, 3.8) is 0 Å². The van der Waals surface area contributed by atoms with Gasteiger partial charge in [0.05, 0.1) is 0 Å². The molecule has 1 heterocycles. The molecule has 0 aromatic carbocycles. The first-order valence-electron chi connectivity index (χ1n) is 3.40. The van der Waals surface area contributed by atoms with E-state index in [0.29, 0.717) is 13.0 Å². The molecule has 0 aromatic heterocycles. The number of carboxylic acid groups (broad SMARTS) is 1. The Morgan fingerprint density at radius 2 is 2.09 bits per heavy atom. The predicted molar refractivity (Wildman–Crippen MR) is 41.0 cm³/mol. The maximum atomic E-state index is 10.4. The van der Waals surface area contributed by atoms with Crippen LogP contribution in [0.3, 0.4) is 0 Å². The molecule has 1 unspecified atom stereocenters. The Morgan fingerprint density at radius 3 is 2.45 bits per heavy atom. The number of piperidine rings is 1. The van der Waals surface area contributed by atoms with E-state index in [-0.39, 0.29) is 12.4 Å². The largest absolute Gasteiger partial charge is 0.480 e. The fourth-order valence-corrected chi connectivity index (χ4v) is 1.17. The van der Waals surface area contributed by atoms with Crippen LogP contribution in [0.25, 0.3) is 0 Å². The lowest BCUT2D eigenvalue weighted by Gasteiger charge is -2.26. The van der Waals surface area contributed by atoms with Gasteiger partial charge in [-0.15, -0.1) is 12.4 Å². The molecule has 1 rings (SSSR count). The highest BCUT2D eigenvalue weighted by Crippen LogP contribution is 2.14. The van der Waals surface area contributed by atoms with Crippen LogP contribution in [0.2, 0.25) is 0 Å². The summed E-state index contributed by atoms with van der Waals surface area (Å²) in [6.07, 6.45) is 2.35. The van der Waals surface area contributed by atoms with Gasteiger partial charge in [0.1, 0.15) is 6.04 Å². The van der Waals surface area contributed by atoms with Gasteiger partial charge in [-0.05, 0) is 19.3 Å². The van der Waals surface area contributed by atoms with Crippen molar-refractivity contribution in [3.05, 3.63) is 0 Å². The third kappa shape index (κ3) is 2.65. The molecule has 4 nitrogen and oxygen atoms in total. The molecule has 1 saturated heterocycles. The number of nitrogens with zero attached hydrogens (tertiary/aromatic N) is 1. The number of rotatable bonds is 1. The Labute approximate surface area is 71.2 Å². The Kier molecular flexibility index (Phi) is 4.40. The summed E-state index contributed by atoms with van der Waals surface area (Å²) in [4.78, 5) is 10.4. The lowest BCUT2D eigenvalue weighted by molar-refractivity contribution is -0.176. The second-order valence-corrected chi connectivity index (χ2v) is 2.51. The number of halogens is 1. The molecule has 0 radical (unpaired) electrons. The van der Waals surface area contributed by atoms with E-state index >= 15 is 0 Å². The van der Waals surface area contributed by atoms with Gasteiger partial charge in [0.15, 0.2) is 0 Å². The minimum Gasteiger partial charge on any atom is -0.480 e. The number of hydrogen-bond donors (Lipinski definition) is 2. The van der Waals surface area contributed by atoms with Gasteiger partial charge >= 0.3 is 5.97 Å². The quantitative estimate of drug-likeness (QED) is 0.627. The SMILES string of the molecule is Cl.O=C(O)C1CCCCN1O. The Bertz CT molecular complexity index is 142. The van der Waals surface area contributed by atoms with Gasteiger partial charge in [-0.25, -0.2) is 0 Å². The highest BCUT2D eigenvalue weighted by atomic mass is 35.5. The minimum atomic E-state index is -0.929. The summed E-state index contributed by atoms with van der Waals surface area (Å²) >= 11 is 0. The molecule has 0 amide bonds. The zero-order valence-corrected chi connectivity index (χ0v) is 6.88. The van der Waals surface area contributed by atoms with Crippen molar-refractivity contribution in [3.8, 4) is 0 Å². The van der Waals surface area contributed by atoms with Crippen LogP contribution in [0.15, 0.2) is 0 Å². The number of aliphatic carboxylic acids is 1. The van der Waals surface area contributed by atoms with Crippen LogP contribution in [-0.2, 0) is 4.79 Å². The molecule has 5 heteroatoms. The fourth-order valence-electron chi connectivity index (χ4n) is 1.17. The summed E-state index contributed by atoms with van der Waals surface area (Å²) in [5.74, 6) is -0.929. The van der Waals surface area contributed by atoms with Crippen LogP contribution >= 0.6 is 12.4 Å². The molecular weight excluding hydrogens is 170 g/mol. The van der Waals surface area contributed by atoms with Crippen molar-refractivity contribution in [1.82, 2.24) is 5.06 Å². The number of carbonyl (C=O) groups is 1. The Morgan fingerprint density at radius 1 is 1.45 bits per heavy atom. The predicted octanol–water partition coefficient (Wildman–Crippen LogP) is 0.736. The molecule has 2 N–H and O–H groups in total. The fraction of sp³-hybridized carbons (Fsp3) is 0.833. The molecule has 0 aromatic rings. The number of hydrogen-bond acceptors (Lipinski definition) is 3. The van der Waals surface area contributed by atoms with Gasteiger partial charge in [-0.3, -0.25) is 4.79 Å². The van der Waals surface area contributed by atoms with Crippen LogP contribution in [0.4, 0.5) is 0 Å². The second kappa shape index (κ2) is 4.54. The van der Waals surface area contributed by atoms with Gasteiger partial charge in [0, 0.05) is 6.54 Å². The number of carboxylic acids is 1. The Balaban J connectivity index is 0.000001000. The molecule has 11 heavy (non-hydrogen) atoms. The van der Waals surface area contributed by atoms with Crippen molar-refractivity contribution in [2.24, 2.45) is 0 Å². The highest BCUT2D eigenvalue weighted by molar-refractivity contribution is 5.85. The molecule has 1 aliphatic heterocycles. The average molecular weight is 182 g/mol. The third-order valence-electron chi connectivity index (χ3n) is 1.76. The summed E-state index contributed by atoms with van der Waals surface area (Å²) in [6.45, 7) is 0.483. The van der Waals surface area contributed by atoms with Crippen molar-refractivity contribution in [2.45, 2.75) is 25.3 Å². The Hall–Kier alpha value is -0.320. The molecule has 0 saturated carbocycles. The summed E-state index contributed by atoms with van der Waals surface area (Å²) in [7, 11) is 0. The van der Waals surface area contributed by atoms with Gasteiger partial charge in [-0.1, -0.05) is 0 Å². The average Bonchev–Trinajstić information content (AvgIpc) is 1.88. The van der Waals surface area contributed by atoms with Crippen LogP contribution < -0.4 is 0 Å². The van der Waals surface area contributed by atoms with E-state index < -0.39 is 12.0 Å². The van der Waals surface area contributed by atoms with Gasteiger partial charge in [0.2, 0.25) is 0 Å². The van der Waals surface area contributed by atoms with Crippen molar-refractivity contribution in [1.29, 1.82) is 0 Å². The minimum absolute atomic E-state index is 0. The third-order valence-corrected chi connectivity index (χ3v) is 1.76. The summed E-state index contributed by atoms with van der Waals surface area (Å²) in [6, 6.07) is -0.672. The van der Waals surface area contributed by atoms with Gasteiger partial charge in [0.25, 0.3) is 0 Å². The van der Waals surface area contributed by atoms with Crippen LogP contribution in [0.1, 0.15) is 19.3 Å². The zero-order valence-electron chi connectivity index (χ0n) is 6.06. The molecule has 0 aliphatic carbocycles. The zero-order chi connectivity index (χ0) is 7.56. The van der Waals surface area contributed by atoms with E-state index in [0.717, 1.165) is 17.9 Å². The van der Waals surface area contributed by atoms with Crippen LogP contribution in [-0.4, -0.2) is 33.9 Å². The molecular formula is C6H12ClNO3. The summed E-state index contributed by atoms with van der Waals surface area (Å²) in [5.41, 5.74) is 0. The summed E-state index contributed by atoms with van der Waals surface area (Å²) < 4.78 is 0. The first kappa shape index (κ1) is 10.7. The first-order valence-corrected chi connectivity index (χ1v) is 3.40. The van der Waals surface area contributed by atoms with Crippen molar-refractivity contribution < 1.29 is 15.1 Å². The highest BCUT2D eigenvalue weighted by Gasteiger charge is 2.26. The molecule has 66 valence electrons. The maximum absolute atomic E-state index is 10.4. The van der Waals surface area contributed by atoms with Gasteiger partial charge < -0.3 is 10.3 Å². The summed E-state index contributed by atoms with van der Waals surface area (Å²) in [5, 5.41) is 18.4. The van der Waals surface area contributed by atoms with E-state index in [1.54, 1.807) is 0 Å². The van der Waals surface area contributed by atoms with E-state index in [9.17, 15) is 4.79 Å². The van der Waals surface area contributed by atoms with Crippen molar-refractivity contribution in [2.75, 3.05) is 6.54 Å². The molecule has 1 fully saturated rings. The standard InChI is InChI=1S/C6H11NO3.ClH/c8-6(9)5-3-1-2-4-7(5)10;/h5,10H,1-4H2,(H,8,9);1H. The second-order valence-electron chi connectivity index (χ2n) is 2.51. The van der Waals surface area contributed by atoms with E-state index in [1.165, 1.54) is 0 Å². The van der Waals surface area contributed by atoms with Crippen LogP contribution in [0, 0.1) is 0 Å². The van der Waals surface area contributed by atoms with Crippen molar-refractivity contribution >= 4 is 18.4 Å². The maximum Gasteiger partial charge on any atom is 0.323 e.